The third-order valence-electron chi connectivity index (χ3n) is 4.94. The van der Waals surface area contributed by atoms with E-state index in [2.05, 4.69) is 10.2 Å². The summed E-state index contributed by atoms with van der Waals surface area (Å²) in [6.45, 7) is 1.10. The first-order chi connectivity index (χ1) is 13.5. The highest BCUT2D eigenvalue weighted by atomic mass is 35.5. The maximum absolute atomic E-state index is 12.7. The summed E-state index contributed by atoms with van der Waals surface area (Å²) in [6, 6.07) is 11.0. The van der Waals surface area contributed by atoms with E-state index in [4.69, 9.17) is 25.8 Å². The molecule has 1 aliphatic rings. The maximum Gasteiger partial charge on any atom is 0.238 e. The zero-order valence-corrected chi connectivity index (χ0v) is 17.1. The van der Waals surface area contributed by atoms with Crippen molar-refractivity contribution in [3.63, 3.8) is 0 Å². The van der Waals surface area contributed by atoms with Crippen LogP contribution in [0.1, 0.15) is 24.4 Å². The zero-order chi connectivity index (χ0) is 20.1. The van der Waals surface area contributed by atoms with E-state index in [1.165, 1.54) is 0 Å². The minimum atomic E-state index is -0.116. The van der Waals surface area contributed by atoms with Gasteiger partial charge < -0.3 is 19.5 Å². The summed E-state index contributed by atoms with van der Waals surface area (Å²) in [5.74, 6) is 2.03. The van der Waals surface area contributed by atoms with Crippen LogP contribution in [0.15, 0.2) is 36.4 Å². The molecule has 28 heavy (non-hydrogen) atoms. The number of carbonyl (C=O) groups excluding carboxylic acids is 1. The molecular formula is C21H25ClN2O4. The van der Waals surface area contributed by atoms with Crippen molar-refractivity contribution in [1.82, 2.24) is 4.90 Å². The van der Waals surface area contributed by atoms with Crippen molar-refractivity contribution in [3.8, 4) is 17.2 Å². The second kappa shape index (κ2) is 9.17. The minimum Gasteiger partial charge on any atom is -0.497 e. The standard InChI is InChI=1S/C21H25ClN2O4/c1-26-15-7-9-19(27-2)16(12-15)18-5-4-10-24(18)13-21(25)23-17-11-14(22)6-8-20(17)28-3/h6-9,11-12,18H,4-5,10,13H2,1-3H3,(H,23,25)/t18-/m0/s1. The van der Waals surface area contributed by atoms with Gasteiger partial charge in [0.05, 0.1) is 33.6 Å². The van der Waals surface area contributed by atoms with Gasteiger partial charge in [-0.25, -0.2) is 0 Å². The van der Waals surface area contributed by atoms with E-state index in [-0.39, 0.29) is 18.5 Å². The van der Waals surface area contributed by atoms with Crippen molar-refractivity contribution in [2.75, 3.05) is 39.7 Å². The van der Waals surface area contributed by atoms with Crippen molar-refractivity contribution >= 4 is 23.2 Å². The number of benzene rings is 2. The fourth-order valence-corrected chi connectivity index (χ4v) is 3.79. The van der Waals surface area contributed by atoms with Gasteiger partial charge in [-0.3, -0.25) is 9.69 Å². The number of hydrogen-bond acceptors (Lipinski definition) is 5. The molecule has 1 fully saturated rings. The molecule has 0 aliphatic carbocycles. The van der Waals surface area contributed by atoms with Gasteiger partial charge in [0.25, 0.3) is 0 Å². The third kappa shape index (κ3) is 4.51. The number of anilines is 1. The molecule has 0 aromatic heterocycles. The number of nitrogens with one attached hydrogen (secondary N) is 1. The first kappa shape index (κ1) is 20.3. The molecule has 1 atom stereocenters. The van der Waals surface area contributed by atoms with Crippen LogP contribution in [0, 0.1) is 0 Å². The van der Waals surface area contributed by atoms with Gasteiger partial charge in [0.2, 0.25) is 5.91 Å². The lowest BCUT2D eigenvalue weighted by molar-refractivity contribution is -0.117. The summed E-state index contributed by atoms with van der Waals surface area (Å²) < 4.78 is 16.2. The number of methoxy groups -OCH3 is 3. The Balaban J connectivity index is 1.75. The van der Waals surface area contributed by atoms with Crippen LogP contribution in [0.25, 0.3) is 0 Å². The number of ether oxygens (including phenoxy) is 3. The van der Waals surface area contributed by atoms with Crippen LogP contribution in [0.3, 0.4) is 0 Å². The number of nitrogens with zero attached hydrogens (tertiary/aromatic N) is 1. The van der Waals surface area contributed by atoms with Crippen LogP contribution >= 0.6 is 11.6 Å². The lowest BCUT2D eigenvalue weighted by Gasteiger charge is -2.26. The Hall–Kier alpha value is -2.44. The zero-order valence-electron chi connectivity index (χ0n) is 16.3. The van der Waals surface area contributed by atoms with E-state index < -0.39 is 0 Å². The molecule has 2 aromatic rings. The molecule has 1 N–H and O–H groups in total. The Labute approximate surface area is 170 Å². The number of hydrogen-bond donors (Lipinski definition) is 1. The van der Waals surface area contributed by atoms with Crippen LogP contribution in [0.4, 0.5) is 5.69 Å². The Morgan fingerprint density at radius 2 is 1.86 bits per heavy atom. The molecule has 2 aromatic carbocycles. The first-order valence-electron chi connectivity index (χ1n) is 9.15. The van der Waals surface area contributed by atoms with E-state index >= 15 is 0 Å². The molecule has 0 saturated carbocycles. The number of rotatable bonds is 7. The summed E-state index contributed by atoms with van der Waals surface area (Å²) in [7, 11) is 4.86. The molecule has 1 heterocycles. The van der Waals surface area contributed by atoms with Crippen LogP contribution < -0.4 is 19.5 Å². The fourth-order valence-electron chi connectivity index (χ4n) is 3.62. The quantitative estimate of drug-likeness (QED) is 0.751. The van der Waals surface area contributed by atoms with Crippen LogP contribution in [0.2, 0.25) is 5.02 Å². The predicted molar refractivity (Wildman–Crippen MR) is 110 cm³/mol. The summed E-state index contributed by atoms with van der Waals surface area (Å²) in [5, 5.41) is 3.44. The van der Waals surface area contributed by atoms with E-state index in [1.807, 2.05) is 18.2 Å². The lowest BCUT2D eigenvalue weighted by Crippen LogP contribution is -2.33. The molecule has 0 unspecified atom stereocenters. The van der Waals surface area contributed by atoms with Gasteiger partial charge in [0.15, 0.2) is 0 Å². The van der Waals surface area contributed by atoms with Crippen molar-refractivity contribution in [2.45, 2.75) is 18.9 Å². The monoisotopic (exact) mass is 404 g/mol. The SMILES string of the molecule is COc1ccc(OC)c([C@@H]2CCCN2CC(=O)Nc2cc(Cl)ccc2OC)c1. The summed E-state index contributed by atoms with van der Waals surface area (Å²) >= 11 is 6.05. The molecule has 3 rings (SSSR count). The third-order valence-corrected chi connectivity index (χ3v) is 5.18. The number of amides is 1. The molecule has 1 saturated heterocycles. The molecule has 0 radical (unpaired) electrons. The van der Waals surface area contributed by atoms with E-state index in [0.29, 0.717) is 16.5 Å². The molecule has 0 spiro atoms. The highest BCUT2D eigenvalue weighted by Gasteiger charge is 2.30. The number of halogens is 1. The predicted octanol–water partition coefficient (Wildman–Crippen LogP) is 4.14. The molecule has 7 heteroatoms. The summed E-state index contributed by atoms with van der Waals surface area (Å²) in [4.78, 5) is 14.9. The summed E-state index contributed by atoms with van der Waals surface area (Å²) in [5.41, 5.74) is 1.60. The average Bonchev–Trinajstić information content (AvgIpc) is 3.15. The van der Waals surface area contributed by atoms with Crippen LogP contribution in [0.5, 0.6) is 17.2 Å². The van der Waals surface area contributed by atoms with Gasteiger partial charge in [-0.15, -0.1) is 0 Å². The van der Waals surface area contributed by atoms with Gasteiger partial charge in [-0.2, -0.15) is 0 Å². The van der Waals surface area contributed by atoms with E-state index in [0.717, 1.165) is 36.4 Å². The van der Waals surface area contributed by atoms with Crippen molar-refractivity contribution < 1.29 is 19.0 Å². The smallest absolute Gasteiger partial charge is 0.238 e. The van der Waals surface area contributed by atoms with Gasteiger partial charge in [0.1, 0.15) is 17.2 Å². The van der Waals surface area contributed by atoms with Gasteiger partial charge in [-0.1, -0.05) is 11.6 Å². The second-order valence-electron chi connectivity index (χ2n) is 6.63. The molecule has 0 bridgehead atoms. The number of carbonyl (C=O) groups is 1. The summed E-state index contributed by atoms with van der Waals surface area (Å²) in [6.07, 6.45) is 1.97. The highest BCUT2D eigenvalue weighted by Crippen LogP contribution is 2.38. The molecular weight excluding hydrogens is 380 g/mol. The van der Waals surface area contributed by atoms with E-state index in [1.54, 1.807) is 39.5 Å². The van der Waals surface area contributed by atoms with Gasteiger partial charge in [-0.05, 0) is 55.8 Å². The largest absolute Gasteiger partial charge is 0.497 e. The van der Waals surface area contributed by atoms with Crippen LogP contribution in [-0.4, -0.2) is 45.2 Å². The molecule has 1 amide bonds. The average molecular weight is 405 g/mol. The molecule has 1 aliphatic heterocycles. The Morgan fingerprint density at radius 3 is 2.57 bits per heavy atom. The highest BCUT2D eigenvalue weighted by molar-refractivity contribution is 6.31. The minimum absolute atomic E-state index is 0.0945. The topological polar surface area (TPSA) is 60.0 Å². The Bertz CT molecular complexity index is 843. The van der Waals surface area contributed by atoms with Gasteiger partial charge >= 0.3 is 0 Å². The maximum atomic E-state index is 12.7. The fraction of sp³-hybridized carbons (Fsp3) is 0.381. The van der Waals surface area contributed by atoms with Gasteiger partial charge in [0, 0.05) is 16.6 Å². The van der Waals surface area contributed by atoms with Crippen molar-refractivity contribution in [3.05, 3.63) is 47.0 Å². The molecule has 6 nitrogen and oxygen atoms in total. The van der Waals surface area contributed by atoms with Crippen LogP contribution in [-0.2, 0) is 4.79 Å². The second-order valence-corrected chi connectivity index (χ2v) is 7.07. The van der Waals surface area contributed by atoms with Crippen molar-refractivity contribution in [1.29, 1.82) is 0 Å². The first-order valence-corrected chi connectivity index (χ1v) is 9.53. The lowest BCUT2D eigenvalue weighted by atomic mass is 10.0. The van der Waals surface area contributed by atoms with Crippen molar-refractivity contribution in [2.24, 2.45) is 0 Å². The normalized spacial score (nSPS) is 16.6. The molecule has 150 valence electrons. The van der Waals surface area contributed by atoms with E-state index in [9.17, 15) is 4.79 Å². The number of likely N-dealkylation sites (tertiary alicyclic amines) is 1. The Morgan fingerprint density at radius 1 is 1.11 bits per heavy atom. The Kier molecular flexibility index (Phi) is 6.65.